The monoisotopic (exact) mass is 298 g/mol. The van der Waals surface area contributed by atoms with Crippen molar-refractivity contribution in [2.75, 3.05) is 11.9 Å². The van der Waals surface area contributed by atoms with Crippen LogP contribution < -0.4 is 4.90 Å². The van der Waals surface area contributed by atoms with Crippen molar-refractivity contribution >= 4 is 23.9 Å². The van der Waals surface area contributed by atoms with Crippen molar-refractivity contribution in [3.63, 3.8) is 0 Å². The SMILES string of the molecule is CC(C)N(C)c1ccc(C=Cc2cnc(C(=O)O)cn2)cn1. The van der Waals surface area contributed by atoms with E-state index in [0.717, 1.165) is 11.4 Å². The summed E-state index contributed by atoms with van der Waals surface area (Å²) in [5.41, 5.74) is 1.46. The molecule has 0 aliphatic rings. The van der Waals surface area contributed by atoms with Crippen LogP contribution in [0.1, 0.15) is 35.6 Å². The van der Waals surface area contributed by atoms with Crippen LogP contribution >= 0.6 is 0 Å². The molecule has 22 heavy (non-hydrogen) atoms. The fourth-order valence-corrected chi connectivity index (χ4v) is 1.69. The molecule has 0 fully saturated rings. The van der Waals surface area contributed by atoms with Crippen LogP contribution in [0.2, 0.25) is 0 Å². The lowest BCUT2D eigenvalue weighted by Crippen LogP contribution is -2.26. The Balaban J connectivity index is 2.08. The zero-order valence-electron chi connectivity index (χ0n) is 12.8. The van der Waals surface area contributed by atoms with Crippen LogP contribution in [-0.4, -0.2) is 39.1 Å². The number of carbonyl (C=O) groups is 1. The van der Waals surface area contributed by atoms with E-state index in [1.54, 1.807) is 12.3 Å². The second kappa shape index (κ2) is 6.80. The van der Waals surface area contributed by atoms with Gasteiger partial charge < -0.3 is 10.0 Å². The van der Waals surface area contributed by atoms with Gasteiger partial charge in [-0.05, 0) is 37.6 Å². The van der Waals surface area contributed by atoms with Gasteiger partial charge in [-0.1, -0.05) is 6.08 Å². The van der Waals surface area contributed by atoms with E-state index in [9.17, 15) is 4.79 Å². The van der Waals surface area contributed by atoms with Gasteiger partial charge >= 0.3 is 5.97 Å². The third-order valence-corrected chi connectivity index (χ3v) is 3.24. The summed E-state index contributed by atoms with van der Waals surface area (Å²) in [4.78, 5) is 25.0. The molecule has 0 radical (unpaired) electrons. The Kier molecular flexibility index (Phi) is 4.83. The number of pyridine rings is 1. The highest BCUT2D eigenvalue weighted by atomic mass is 16.4. The number of carboxylic acids is 1. The lowest BCUT2D eigenvalue weighted by molar-refractivity contribution is 0.0690. The first-order valence-corrected chi connectivity index (χ1v) is 6.89. The molecule has 6 heteroatoms. The first-order chi connectivity index (χ1) is 10.5. The predicted molar refractivity (Wildman–Crippen MR) is 85.7 cm³/mol. The van der Waals surface area contributed by atoms with Crippen LogP contribution in [0.4, 0.5) is 5.82 Å². The number of nitrogens with zero attached hydrogens (tertiary/aromatic N) is 4. The summed E-state index contributed by atoms with van der Waals surface area (Å²) >= 11 is 0. The molecular formula is C16H18N4O2. The predicted octanol–water partition coefficient (Wildman–Crippen LogP) is 2.58. The maximum absolute atomic E-state index is 10.7. The Morgan fingerprint density at radius 3 is 2.41 bits per heavy atom. The lowest BCUT2D eigenvalue weighted by Gasteiger charge is -2.22. The van der Waals surface area contributed by atoms with Gasteiger partial charge in [-0.3, -0.25) is 4.98 Å². The van der Waals surface area contributed by atoms with Gasteiger partial charge in [0.25, 0.3) is 0 Å². The van der Waals surface area contributed by atoms with Crippen molar-refractivity contribution in [1.82, 2.24) is 15.0 Å². The minimum atomic E-state index is -1.09. The van der Waals surface area contributed by atoms with Crippen molar-refractivity contribution in [2.45, 2.75) is 19.9 Å². The Labute approximate surface area is 129 Å². The van der Waals surface area contributed by atoms with Crippen LogP contribution in [0.5, 0.6) is 0 Å². The van der Waals surface area contributed by atoms with E-state index in [0.29, 0.717) is 11.7 Å². The van der Waals surface area contributed by atoms with E-state index >= 15 is 0 Å². The van der Waals surface area contributed by atoms with Gasteiger partial charge in [0.1, 0.15) is 5.82 Å². The zero-order valence-corrected chi connectivity index (χ0v) is 12.8. The average molecular weight is 298 g/mol. The molecule has 0 bridgehead atoms. The molecule has 0 amide bonds. The molecule has 0 saturated heterocycles. The van der Waals surface area contributed by atoms with Crippen LogP contribution in [-0.2, 0) is 0 Å². The van der Waals surface area contributed by atoms with Gasteiger partial charge in [0.2, 0.25) is 0 Å². The zero-order chi connectivity index (χ0) is 16.1. The van der Waals surface area contributed by atoms with Gasteiger partial charge in [0.05, 0.1) is 18.1 Å². The molecule has 2 heterocycles. The smallest absolute Gasteiger partial charge is 0.356 e. The molecule has 114 valence electrons. The number of hydrogen-bond acceptors (Lipinski definition) is 5. The van der Waals surface area contributed by atoms with E-state index in [1.807, 2.05) is 25.3 Å². The maximum Gasteiger partial charge on any atom is 0.356 e. The molecule has 0 aliphatic carbocycles. The van der Waals surface area contributed by atoms with Gasteiger partial charge in [-0.25, -0.2) is 14.8 Å². The second-order valence-corrected chi connectivity index (χ2v) is 5.12. The quantitative estimate of drug-likeness (QED) is 0.914. The van der Waals surface area contributed by atoms with Crippen LogP contribution in [0.3, 0.4) is 0 Å². The molecule has 0 spiro atoms. The summed E-state index contributed by atoms with van der Waals surface area (Å²) in [5.74, 6) is -0.171. The van der Waals surface area contributed by atoms with E-state index in [1.165, 1.54) is 12.4 Å². The minimum Gasteiger partial charge on any atom is -0.476 e. The van der Waals surface area contributed by atoms with Crippen molar-refractivity contribution in [3.8, 4) is 0 Å². The van der Waals surface area contributed by atoms with E-state index in [-0.39, 0.29) is 5.69 Å². The van der Waals surface area contributed by atoms with Crippen molar-refractivity contribution in [1.29, 1.82) is 0 Å². The van der Waals surface area contributed by atoms with Gasteiger partial charge in [0.15, 0.2) is 5.69 Å². The fraction of sp³-hybridized carbons (Fsp3) is 0.250. The third-order valence-electron chi connectivity index (χ3n) is 3.24. The number of rotatable bonds is 5. The number of hydrogen-bond donors (Lipinski definition) is 1. The summed E-state index contributed by atoms with van der Waals surface area (Å²) in [6.45, 7) is 4.21. The van der Waals surface area contributed by atoms with Gasteiger partial charge in [-0.15, -0.1) is 0 Å². The maximum atomic E-state index is 10.7. The van der Waals surface area contributed by atoms with Crippen LogP contribution in [0, 0.1) is 0 Å². The molecule has 2 rings (SSSR count). The molecule has 0 aromatic carbocycles. The summed E-state index contributed by atoms with van der Waals surface area (Å²) in [6, 6.07) is 4.31. The van der Waals surface area contributed by atoms with Crippen LogP contribution in [0.25, 0.3) is 12.2 Å². The summed E-state index contributed by atoms with van der Waals surface area (Å²) in [5, 5.41) is 8.76. The fourth-order valence-electron chi connectivity index (χ4n) is 1.69. The largest absolute Gasteiger partial charge is 0.476 e. The molecule has 6 nitrogen and oxygen atoms in total. The molecule has 2 aromatic rings. The highest BCUT2D eigenvalue weighted by Crippen LogP contribution is 2.13. The molecule has 0 saturated carbocycles. The highest BCUT2D eigenvalue weighted by molar-refractivity contribution is 5.84. The Morgan fingerprint density at radius 2 is 1.91 bits per heavy atom. The van der Waals surface area contributed by atoms with Gasteiger partial charge in [0, 0.05) is 19.3 Å². The number of aromatic carboxylic acids is 1. The number of carboxylic acid groups (broad SMARTS) is 1. The Bertz CT molecular complexity index is 664. The van der Waals surface area contributed by atoms with Crippen molar-refractivity contribution < 1.29 is 9.90 Å². The van der Waals surface area contributed by atoms with E-state index in [2.05, 4.69) is 33.7 Å². The number of aromatic nitrogens is 3. The average Bonchev–Trinajstić information content (AvgIpc) is 2.53. The Hall–Kier alpha value is -2.76. The van der Waals surface area contributed by atoms with E-state index < -0.39 is 5.97 Å². The standard InChI is InChI=1S/C16H18N4O2/c1-11(2)20(3)15-7-5-12(8-19-15)4-6-13-9-18-14(10-17-13)16(21)22/h4-11H,1-3H3,(H,21,22). The van der Waals surface area contributed by atoms with Crippen molar-refractivity contribution in [2.24, 2.45) is 0 Å². The molecule has 1 N–H and O–H groups in total. The summed E-state index contributed by atoms with van der Waals surface area (Å²) in [7, 11) is 2.00. The number of anilines is 1. The van der Waals surface area contributed by atoms with Crippen LogP contribution in [0.15, 0.2) is 30.7 Å². The van der Waals surface area contributed by atoms with E-state index in [4.69, 9.17) is 5.11 Å². The second-order valence-electron chi connectivity index (χ2n) is 5.12. The lowest BCUT2D eigenvalue weighted by atomic mass is 10.2. The molecular weight excluding hydrogens is 280 g/mol. The first-order valence-electron chi connectivity index (χ1n) is 6.89. The highest BCUT2D eigenvalue weighted by Gasteiger charge is 2.05. The molecule has 2 aromatic heterocycles. The molecule has 0 unspecified atom stereocenters. The van der Waals surface area contributed by atoms with Gasteiger partial charge in [-0.2, -0.15) is 0 Å². The topological polar surface area (TPSA) is 79.2 Å². The molecule has 0 atom stereocenters. The minimum absolute atomic E-state index is 0.0695. The third kappa shape index (κ3) is 3.88. The molecule has 0 aliphatic heterocycles. The van der Waals surface area contributed by atoms with Crippen molar-refractivity contribution in [3.05, 3.63) is 47.7 Å². The normalized spacial score (nSPS) is 11.1. The summed E-state index contributed by atoms with van der Waals surface area (Å²) in [6.07, 6.45) is 8.07. The Morgan fingerprint density at radius 1 is 1.14 bits per heavy atom. The summed E-state index contributed by atoms with van der Waals surface area (Å²) < 4.78 is 0. The first kappa shape index (κ1) is 15.6.